The number of carbonyl (C=O) groups is 1. The van der Waals surface area contributed by atoms with Crippen molar-refractivity contribution < 1.29 is 9.53 Å². The van der Waals surface area contributed by atoms with Gasteiger partial charge in [-0.25, -0.2) is 0 Å². The lowest BCUT2D eigenvalue weighted by molar-refractivity contribution is -0.123. The van der Waals surface area contributed by atoms with Crippen LogP contribution in [0.4, 0.5) is 0 Å². The fourth-order valence-electron chi connectivity index (χ4n) is 2.47. The SMILES string of the molecule is CC1OCCC1CNC(=O)[C@@H]1CCCCN1. The summed E-state index contributed by atoms with van der Waals surface area (Å²) < 4.78 is 5.48. The Morgan fingerprint density at radius 1 is 1.44 bits per heavy atom. The van der Waals surface area contributed by atoms with E-state index in [2.05, 4.69) is 17.6 Å². The Morgan fingerprint density at radius 2 is 2.31 bits per heavy atom. The predicted molar refractivity (Wildman–Crippen MR) is 62.2 cm³/mol. The first-order valence-electron chi connectivity index (χ1n) is 6.40. The molecule has 2 N–H and O–H groups in total. The highest BCUT2D eigenvalue weighted by molar-refractivity contribution is 5.81. The molecule has 2 unspecified atom stereocenters. The fraction of sp³-hybridized carbons (Fsp3) is 0.917. The third kappa shape index (κ3) is 2.95. The van der Waals surface area contributed by atoms with E-state index in [1.54, 1.807) is 0 Å². The van der Waals surface area contributed by atoms with Crippen molar-refractivity contribution in [3.63, 3.8) is 0 Å². The maximum absolute atomic E-state index is 11.8. The van der Waals surface area contributed by atoms with Gasteiger partial charge in [0.1, 0.15) is 0 Å². The van der Waals surface area contributed by atoms with Gasteiger partial charge in [0.15, 0.2) is 0 Å². The summed E-state index contributed by atoms with van der Waals surface area (Å²) in [6.07, 6.45) is 4.69. The molecule has 2 heterocycles. The molecule has 1 amide bonds. The van der Waals surface area contributed by atoms with Gasteiger partial charge >= 0.3 is 0 Å². The summed E-state index contributed by atoms with van der Waals surface area (Å²) in [5.74, 6) is 0.659. The minimum absolute atomic E-state index is 0.0337. The van der Waals surface area contributed by atoms with Crippen molar-refractivity contribution in [1.82, 2.24) is 10.6 Å². The summed E-state index contributed by atoms with van der Waals surface area (Å²) >= 11 is 0. The van der Waals surface area contributed by atoms with Crippen molar-refractivity contribution in [2.24, 2.45) is 5.92 Å². The molecule has 0 aromatic heterocycles. The van der Waals surface area contributed by atoms with Gasteiger partial charge in [0.25, 0.3) is 0 Å². The first-order chi connectivity index (χ1) is 7.77. The zero-order chi connectivity index (χ0) is 11.4. The number of piperidine rings is 1. The number of nitrogens with one attached hydrogen (secondary N) is 2. The normalized spacial score (nSPS) is 34.9. The van der Waals surface area contributed by atoms with Crippen molar-refractivity contribution in [3.05, 3.63) is 0 Å². The van der Waals surface area contributed by atoms with E-state index in [1.807, 2.05) is 0 Å². The molecule has 16 heavy (non-hydrogen) atoms. The highest BCUT2D eigenvalue weighted by Gasteiger charge is 2.26. The molecule has 0 aliphatic carbocycles. The van der Waals surface area contributed by atoms with Crippen LogP contribution in [0.5, 0.6) is 0 Å². The van der Waals surface area contributed by atoms with Gasteiger partial charge in [-0.15, -0.1) is 0 Å². The average Bonchev–Trinajstić information content (AvgIpc) is 2.73. The van der Waals surface area contributed by atoms with Crippen molar-refractivity contribution in [2.75, 3.05) is 19.7 Å². The number of ether oxygens (including phenoxy) is 1. The molecule has 0 bridgehead atoms. The smallest absolute Gasteiger partial charge is 0.237 e. The molecule has 4 nitrogen and oxygen atoms in total. The van der Waals surface area contributed by atoms with Crippen LogP contribution in [-0.4, -0.2) is 37.7 Å². The van der Waals surface area contributed by atoms with E-state index in [9.17, 15) is 4.79 Å². The molecule has 92 valence electrons. The molecule has 2 aliphatic heterocycles. The Balaban J connectivity index is 1.70. The van der Waals surface area contributed by atoms with Crippen LogP contribution < -0.4 is 10.6 Å². The van der Waals surface area contributed by atoms with E-state index >= 15 is 0 Å². The van der Waals surface area contributed by atoms with Gasteiger partial charge in [0, 0.05) is 19.1 Å². The lowest BCUT2D eigenvalue weighted by atomic mass is 10.0. The number of hydrogen-bond donors (Lipinski definition) is 2. The lowest BCUT2D eigenvalue weighted by Crippen LogP contribution is -2.48. The molecule has 0 aromatic rings. The van der Waals surface area contributed by atoms with Gasteiger partial charge in [-0.3, -0.25) is 4.79 Å². The van der Waals surface area contributed by atoms with Gasteiger partial charge in [-0.2, -0.15) is 0 Å². The van der Waals surface area contributed by atoms with Crippen LogP contribution in [0, 0.1) is 5.92 Å². The van der Waals surface area contributed by atoms with E-state index in [4.69, 9.17) is 4.74 Å². The second kappa shape index (κ2) is 5.64. The number of carbonyl (C=O) groups excluding carboxylic acids is 1. The Labute approximate surface area is 97.1 Å². The van der Waals surface area contributed by atoms with Gasteiger partial charge in [-0.1, -0.05) is 6.42 Å². The third-order valence-corrected chi connectivity index (χ3v) is 3.70. The average molecular weight is 226 g/mol. The van der Waals surface area contributed by atoms with Crippen molar-refractivity contribution in [3.8, 4) is 0 Å². The molecule has 2 saturated heterocycles. The minimum atomic E-state index is 0.0337. The third-order valence-electron chi connectivity index (χ3n) is 3.70. The van der Waals surface area contributed by atoms with Crippen molar-refractivity contribution >= 4 is 5.91 Å². The van der Waals surface area contributed by atoms with Crippen LogP contribution in [0.25, 0.3) is 0 Å². The molecule has 2 aliphatic rings. The first-order valence-corrected chi connectivity index (χ1v) is 6.40. The van der Waals surface area contributed by atoms with Crippen LogP contribution >= 0.6 is 0 Å². The molecule has 2 rings (SSSR count). The summed E-state index contributed by atoms with van der Waals surface area (Å²) in [6, 6.07) is 0.0337. The Morgan fingerprint density at radius 3 is 2.94 bits per heavy atom. The van der Waals surface area contributed by atoms with Crippen molar-refractivity contribution in [2.45, 2.75) is 44.8 Å². The molecule has 0 radical (unpaired) electrons. The monoisotopic (exact) mass is 226 g/mol. The van der Waals surface area contributed by atoms with Gasteiger partial charge < -0.3 is 15.4 Å². The molecular weight excluding hydrogens is 204 g/mol. The van der Waals surface area contributed by atoms with E-state index in [1.165, 1.54) is 6.42 Å². The van der Waals surface area contributed by atoms with Crippen LogP contribution in [0.3, 0.4) is 0 Å². The van der Waals surface area contributed by atoms with Gasteiger partial charge in [-0.05, 0) is 32.7 Å². The molecule has 3 atom stereocenters. The number of rotatable bonds is 3. The Kier molecular flexibility index (Phi) is 4.18. The second-order valence-electron chi connectivity index (χ2n) is 4.87. The second-order valence-corrected chi connectivity index (χ2v) is 4.87. The highest BCUT2D eigenvalue weighted by Crippen LogP contribution is 2.19. The first kappa shape index (κ1) is 11.9. The molecular formula is C12H22N2O2. The Bertz CT molecular complexity index is 239. The highest BCUT2D eigenvalue weighted by atomic mass is 16.5. The van der Waals surface area contributed by atoms with Crippen molar-refractivity contribution in [1.29, 1.82) is 0 Å². The molecule has 4 heteroatoms. The van der Waals surface area contributed by atoms with E-state index in [0.29, 0.717) is 12.0 Å². The van der Waals surface area contributed by atoms with E-state index < -0.39 is 0 Å². The summed E-state index contributed by atoms with van der Waals surface area (Å²) in [6.45, 7) is 4.66. The molecule has 0 spiro atoms. The number of amides is 1. The maximum atomic E-state index is 11.8. The predicted octanol–water partition coefficient (Wildman–Crippen LogP) is 0.670. The van der Waals surface area contributed by atoms with Crippen LogP contribution in [0.1, 0.15) is 32.6 Å². The summed E-state index contributed by atoms with van der Waals surface area (Å²) in [5.41, 5.74) is 0. The summed E-state index contributed by atoms with van der Waals surface area (Å²) in [5, 5.41) is 6.31. The lowest BCUT2D eigenvalue weighted by Gasteiger charge is -2.23. The van der Waals surface area contributed by atoms with Crippen LogP contribution in [-0.2, 0) is 9.53 Å². The van der Waals surface area contributed by atoms with Crippen LogP contribution in [0.2, 0.25) is 0 Å². The molecule has 0 saturated carbocycles. The van der Waals surface area contributed by atoms with Gasteiger partial charge in [0.2, 0.25) is 5.91 Å². The van der Waals surface area contributed by atoms with E-state index in [-0.39, 0.29) is 11.9 Å². The quantitative estimate of drug-likeness (QED) is 0.743. The zero-order valence-corrected chi connectivity index (χ0v) is 10.00. The standard InChI is InChI=1S/C12H22N2O2/c1-9-10(5-7-16-9)8-14-12(15)11-4-2-3-6-13-11/h9-11,13H,2-8H2,1H3,(H,14,15)/t9?,10?,11-/m0/s1. The zero-order valence-electron chi connectivity index (χ0n) is 10.00. The summed E-state index contributed by atoms with van der Waals surface area (Å²) in [4.78, 5) is 11.8. The van der Waals surface area contributed by atoms with Crippen LogP contribution in [0.15, 0.2) is 0 Å². The minimum Gasteiger partial charge on any atom is -0.378 e. The largest absolute Gasteiger partial charge is 0.378 e. The molecule has 2 fully saturated rings. The Hall–Kier alpha value is -0.610. The summed E-state index contributed by atoms with van der Waals surface area (Å²) in [7, 11) is 0. The molecule has 0 aromatic carbocycles. The van der Waals surface area contributed by atoms with Gasteiger partial charge in [0.05, 0.1) is 12.1 Å². The van der Waals surface area contributed by atoms with E-state index in [0.717, 1.165) is 39.0 Å². The topological polar surface area (TPSA) is 50.4 Å². The number of hydrogen-bond acceptors (Lipinski definition) is 3. The fourth-order valence-corrected chi connectivity index (χ4v) is 2.47. The maximum Gasteiger partial charge on any atom is 0.237 e.